The van der Waals surface area contributed by atoms with Gasteiger partial charge < -0.3 is 15.0 Å². The fourth-order valence-electron chi connectivity index (χ4n) is 1.46. The molecule has 0 aliphatic heterocycles. The summed E-state index contributed by atoms with van der Waals surface area (Å²) in [6.07, 6.45) is 4.49. The van der Waals surface area contributed by atoms with E-state index in [2.05, 4.69) is 20.3 Å². The number of hydrogen-bond donors (Lipinski definition) is 2. The third-order valence-corrected chi connectivity index (χ3v) is 2.33. The summed E-state index contributed by atoms with van der Waals surface area (Å²) in [6.45, 7) is 3.14. The number of nitrogens with zero attached hydrogens (tertiary/aromatic N) is 4. The molecule has 0 amide bonds. The SMILES string of the molecule is Cc1cc(NCCn2cnc(C(=O)O)c2)ncn1. The van der Waals surface area contributed by atoms with Gasteiger partial charge in [0.05, 0.1) is 6.33 Å². The van der Waals surface area contributed by atoms with Crippen LogP contribution in [0, 0.1) is 6.92 Å². The number of aromatic carboxylic acids is 1. The normalized spacial score (nSPS) is 10.3. The Labute approximate surface area is 104 Å². The smallest absolute Gasteiger partial charge is 0.356 e. The molecule has 0 saturated heterocycles. The fourth-order valence-corrected chi connectivity index (χ4v) is 1.46. The molecule has 0 unspecified atom stereocenters. The molecule has 0 radical (unpaired) electrons. The minimum atomic E-state index is -1.02. The lowest BCUT2D eigenvalue weighted by Crippen LogP contribution is -2.10. The van der Waals surface area contributed by atoms with Crippen molar-refractivity contribution in [2.75, 3.05) is 11.9 Å². The summed E-state index contributed by atoms with van der Waals surface area (Å²) < 4.78 is 1.71. The van der Waals surface area contributed by atoms with E-state index in [1.807, 2.05) is 13.0 Å². The number of aryl methyl sites for hydroxylation is 1. The molecule has 0 spiro atoms. The van der Waals surface area contributed by atoms with E-state index in [-0.39, 0.29) is 5.69 Å². The standard InChI is InChI=1S/C11H13N5O2/c1-8-4-10(14-6-13-8)12-2-3-16-5-9(11(17)18)15-7-16/h4-7H,2-3H2,1H3,(H,17,18)(H,12,13,14). The van der Waals surface area contributed by atoms with E-state index in [0.29, 0.717) is 13.1 Å². The van der Waals surface area contributed by atoms with Crippen LogP contribution < -0.4 is 5.32 Å². The van der Waals surface area contributed by atoms with Gasteiger partial charge >= 0.3 is 5.97 Å². The van der Waals surface area contributed by atoms with Crippen molar-refractivity contribution in [2.45, 2.75) is 13.5 Å². The maximum absolute atomic E-state index is 10.6. The summed E-state index contributed by atoms with van der Waals surface area (Å²) in [7, 11) is 0. The van der Waals surface area contributed by atoms with Crippen molar-refractivity contribution in [3.63, 3.8) is 0 Å². The number of anilines is 1. The first-order valence-electron chi connectivity index (χ1n) is 5.43. The quantitative estimate of drug-likeness (QED) is 0.811. The maximum atomic E-state index is 10.6. The van der Waals surface area contributed by atoms with Crippen LogP contribution in [0.3, 0.4) is 0 Å². The third-order valence-electron chi connectivity index (χ3n) is 2.33. The van der Waals surface area contributed by atoms with E-state index >= 15 is 0 Å². The monoisotopic (exact) mass is 247 g/mol. The van der Waals surface area contributed by atoms with Gasteiger partial charge in [-0.25, -0.2) is 19.7 Å². The fraction of sp³-hybridized carbons (Fsp3) is 0.273. The zero-order valence-corrected chi connectivity index (χ0v) is 9.87. The highest BCUT2D eigenvalue weighted by molar-refractivity contribution is 5.84. The van der Waals surface area contributed by atoms with Crippen molar-refractivity contribution in [3.8, 4) is 0 Å². The summed E-state index contributed by atoms with van der Waals surface area (Å²) in [6, 6.07) is 1.84. The molecule has 0 atom stereocenters. The molecule has 2 rings (SSSR count). The lowest BCUT2D eigenvalue weighted by Gasteiger charge is -2.05. The van der Waals surface area contributed by atoms with Gasteiger partial charge in [-0.2, -0.15) is 0 Å². The molecule has 7 heteroatoms. The second-order valence-corrected chi connectivity index (χ2v) is 3.77. The highest BCUT2D eigenvalue weighted by Crippen LogP contribution is 2.02. The first-order valence-corrected chi connectivity index (χ1v) is 5.43. The molecule has 7 nitrogen and oxygen atoms in total. The molecule has 94 valence electrons. The Bertz CT molecular complexity index is 552. The van der Waals surface area contributed by atoms with Crippen molar-refractivity contribution in [1.29, 1.82) is 0 Å². The number of aromatic nitrogens is 4. The van der Waals surface area contributed by atoms with E-state index in [9.17, 15) is 4.79 Å². The van der Waals surface area contributed by atoms with Gasteiger partial charge in [0.15, 0.2) is 5.69 Å². The van der Waals surface area contributed by atoms with E-state index in [1.54, 1.807) is 4.57 Å². The molecular formula is C11H13N5O2. The van der Waals surface area contributed by atoms with Crippen LogP contribution in [0.5, 0.6) is 0 Å². The highest BCUT2D eigenvalue weighted by atomic mass is 16.4. The Hall–Kier alpha value is -2.44. The summed E-state index contributed by atoms with van der Waals surface area (Å²) in [5, 5.41) is 11.8. The van der Waals surface area contributed by atoms with Gasteiger partial charge in [-0.05, 0) is 6.92 Å². The summed E-state index contributed by atoms with van der Waals surface area (Å²) >= 11 is 0. The van der Waals surface area contributed by atoms with E-state index in [0.717, 1.165) is 11.5 Å². The van der Waals surface area contributed by atoms with Crippen LogP contribution in [-0.4, -0.2) is 37.1 Å². The van der Waals surface area contributed by atoms with Crippen LogP contribution in [-0.2, 0) is 6.54 Å². The van der Waals surface area contributed by atoms with Gasteiger partial charge in [-0.15, -0.1) is 0 Å². The number of rotatable bonds is 5. The highest BCUT2D eigenvalue weighted by Gasteiger charge is 2.05. The predicted octanol–water partition coefficient (Wildman–Crippen LogP) is 0.792. The van der Waals surface area contributed by atoms with Gasteiger partial charge in [0.1, 0.15) is 12.1 Å². The minimum absolute atomic E-state index is 0.0490. The molecule has 0 aromatic carbocycles. The Balaban J connectivity index is 1.86. The largest absolute Gasteiger partial charge is 0.476 e. The summed E-state index contributed by atoms with van der Waals surface area (Å²) in [5.41, 5.74) is 0.941. The Morgan fingerprint density at radius 2 is 2.28 bits per heavy atom. The van der Waals surface area contributed by atoms with Crippen LogP contribution in [0.15, 0.2) is 24.9 Å². The predicted molar refractivity (Wildman–Crippen MR) is 64.4 cm³/mol. The van der Waals surface area contributed by atoms with Gasteiger partial charge in [0, 0.05) is 31.0 Å². The maximum Gasteiger partial charge on any atom is 0.356 e. The topological polar surface area (TPSA) is 92.9 Å². The van der Waals surface area contributed by atoms with Crippen molar-refractivity contribution in [2.24, 2.45) is 0 Å². The number of carboxylic acids is 1. The molecule has 0 aliphatic carbocycles. The molecule has 2 N–H and O–H groups in total. The van der Waals surface area contributed by atoms with E-state index in [1.165, 1.54) is 18.9 Å². The molecule has 2 aromatic heterocycles. The third kappa shape index (κ3) is 3.03. The number of hydrogen-bond acceptors (Lipinski definition) is 5. The van der Waals surface area contributed by atoms with Crippen molar-refractivity contribution in [1.82, 2.24) is 19.5 Å². The number of carbonyl (C=O) groups is 1. The molecule has 0 aliphatic rings. The first-order chi connectivity index (χ1) is 8.65. The lowest BCUT2D eigenvalue weighted by atomic mass is 10.4. The molecule has 2 aromatic rings. The van der Waals surface area contributed by atoms with E-state index < -0.39 is 5.97 Å². The Morgan fingerprint density at radius 3 is 2.94 bits per heavy atom. The van der Waals surface area contributed by atoms with Crippen molar-refractivity contribution < 1.29 is 9.90 Å². The Morgan fingerprint density at radius 1 is 1.44 bits per heavy atom. The van der Waals surface area contributed by atoms with Gasteiger partial charge in [-0.3, -0.25) is 0 Å². The van der Waals surface area contributed by atoms with E-state index in [4.69, 9.17) is 5.11 Å². The molecule has 0 fully saturated rings. The van der Waals surface area contributed by atoms with Gasteiger partial charge in [-0.1, -0.05) is 0 Å². The van der Waals surface area contributed by atoms with Crippen molar-refractivity contribution >= 4 is 11.8 Å². The average Bonchev–Trinajstić information content (AvgIpc) is 2.78. The van der Waals surface area contributed by atoms with Gasteiger partial charge in [0.25, 0.3) is 0 Å². The first kappa shape index (κ1) is 12.0. The minimum Gasteiger partial charge on any atom is -0.476 e. The van der Waals surface area contributed by atoms with Crippen LogP contribution in [0.2, 0.25) is 0 Å². The van der Waals surface area contributed by atoms with Gasteiger partial charge in [0.2, 0.25) is 0 Å². The van der Waals surface area contributed by atoms with Crippen molar-refractivity contribution in [3.05, 3.63) is 36.3 Å². The van der Waals surface area contributed by atoms with Crippen LogP contribution in [0.1, 0.15) is 16.2 Å². The number of imidazole rings is 1. The molecule has 0 saturated carbocycles. The molecular weight excluding hydrogens is 234 g/mol. The average molecular weight is 247 g/mol. The van der Waals surface area contributed by atoms with Crippen LogP contribution in [0.4, 0.5) is 5.82 Å². The van der Waals surface area contributed by atoms with Crippen LogP contribution >= 0.6 is 0 Å². The zero-order valence-electron chi connectivity index (χ0n) is 9.87. The summed E-state index contributed by atoms with van der Waals surface area (Å²) in [5.74, 6) is -0.269. The number of carboxylic acid groups (broad SMARTS) is 1. The lowest BCUT2D eigenvalue weighted by molar-refractivity contribution is 0.0691. The van der Waals surface area contributed by atoms with Crippen LogP contribution in [0.25, 0.3) is 0 Å². The summed E-state index contributed by atoms with van der Waals surface area (Å²) in [4.78, 5) is 22.5. The second-order valence-electron chi connectivity index (χ2n) is 3.77. The second kappa shape index (κ2) is 5.26. The zero-order chi connectivity index (χ0) is 13.0. The molecule has 2 heterocycles. The molecule has 0 bridgehead atoms. The molecule has 18 heavy (non-hydrogen) atoms. The Kier molecular flexibility index (Phi) is 3.52. The number of nitrogens with one attached hydrogen (secondary N) is 1.